The Kier molecular flexibility index (Phi) is 10.1. The summed E-state index contributed by atoms with van der Waals surface area (Å²) in [5.41, 5.74) is 4.67. The van der Waals surface area contributed by atoms with Crippen LogP contribution < -0.4 is 5.32 Å². The predicted molar refractivity (Wildman–Crippen MR) is 172 cm³/mol. The maximum atomic E-state index is 13.4. The van der Waals surface area contributed by atoms with Gasteiger partial charge < -0.3 is 24.1 Å². The third-order valence-corrected chi connectivity index (χ3v) is 7.81. The number of alkyl carbamates (subject to hydrolysis) is 1. The lowest BCUT2D eigenvalue weighted by molar-refractivity contribution is -0.157. The lowest BCUT2D eigenvalue weighted by Gasteiger charge is -2.25. The number of nitrogens with one attached hydrogen (secondary N) is 1. The average Bonchev–Trinajstić information content (AvgIpc) is 3.56. The largest absolute Gasteiger partial charge is 0.469 e. The molecule has 0 aliphatic heterocycles. The predicted octanol–water partition coefficient (Wildman–Crippen LogP) is 5.61. The van der Waals surface area contributed by atoms with Crippen LogP contribution in [-0.2, 0) is 43.2 Å². The number of methoxy groups -OCH3 is 1. The van der Waals surface area contributed by atoms with Gasteiger partial charge in [-0.1, -0.05) is 78.9 Å². The minimum Gasteiger partial charge on any atom is -0.469 e. The summed E-state index contributed by atoms with van der Waals surface area (Å²) in [7, 11) is 1.35. The summed E-state index contributed by atoms with van der Waals surface area (Å²) in [4.78, 5) is 38.5. The second-order valence-electron chi connectivity index (χ2n) is 12.3. The van der Waals surface area contributed by atoms with Gasteiger partial charge >= 0.3 is 18.0 Å². The molecule has 0 bridgehead atoms. The number of benzene rings is 3. The third-order valence-electron chi connectivity index (χ3n) is 7.81. The van der Waals surface area contributed by atoms with Gasteiger partial charge in [0.25, 0.3) is 0 Å². The number of carbonyl (C=O) groups is 3. The number of fused-ring (bicyclic) bond motifs is 3. The fraction of sp³-hybridized carbons (Fsp3) is 0.361. The molecule has 240 valence electrons. The molecule has 5 rings (SSSR count). The van der Waals surface area contributed by atoms with Crippen molar-refractivity contribution in [3.8, 4) is 11.1 Å². The highest BCUT2D eigenvalue weighted by atomic mass is 16.6. The van der Waals surface area contributed by atoms with Gasteiger partial charge in [0.1, 0.15) is 29.9 Å². The molecule has 10 nitrogen and oxygen atoms in total. The molecule has 0 radical (unpaired) electrons. The summed E-state index contributed by atoms with van der Waals surface area (Å²) in [5, 5.41) is 11.6. The van der Waals surface area contributed by atoms with E-state index < -0.39 is 23.7 Å². The van der Waals surface area contributed by atoms with Gasteiger partial charge in [-0.05, 0) is 55.0 Å². The highest BCUT2D eigenvalue weighted by molar-refractivity contribution is 5.82. The highest BCUT2D eigenvalue weighted by Gasteiger charge is 2.32. The van der Waals surface area contributed by atoms with E-state index in [1.54, 1.807) is 20.8 Å². The Hall–Kier alpha value is -4.99. The Morgan fingerprint density at radius 1 is 0.870 bits per heavy atom. The second kappa shape index (κ2) is 14.4. The Labute approximate surface area is 269 Å². The molecule has 0 saturated heterocycles. The number of aromatic nitrogens is 3. The van der Waals surface area contributed by atoms with Crippen molar-refractivity contribution in [1.82, 2.24) is 20.1 Å². The Balaban J connectivity index is 1.34. The summed E-state index contributed by atoms with van der Waals surface area (Å²) in [6, 6.07) is 24.9. The molecule has 46 heavy (non-hydrogen) atoms. The Bertz CT molecular complexity index is 1630. The Morgan fingerprint density at radius 2 is 1.48 bits per heavy atom. The van der Waals surface area contributed by atoms with E-state index in [2.05, 4.69) is 27.6 Å². The molecule has 1 amide bonds. The van der Waals surface area contributed by atoms with Crippen LogP contribution in [0.1, 0.15) is 67.9 Å². The third kappa shape index (κ3) is 7.99. The van der Waals surface area contributed by atoms with Crippen molar-refractivity contribution in [2.24, 2.45) is 0 Å². The minimum atomic E-state index is -1.09. The zero-order valence-electron chi connectivity index (χ0n) is 26.7. The smallest absolute Gasteiger partial charge is 0.407 e. The van der Waals surface area contributed by atoms with Gasteiger partial charge in [0.05, 0.1) is 7.11 Å². The topological polar surface area (TPSA) is 122 Å². The van der Waals surface area contributed by atoms with E-state index in [0.717, 1.165) is 27.8 Å². The van der Waals surface area contributed by atoms with Crippen LogP contribution in [0.3, 0.4) is 0 Å². The van der Waals surface area contributed by atoms with Gasteiger partial charge in [-0.3, -0.25) is 4.79 Å². The van der Waals surface area contributed by atoms with Crippen LogP contribution in [0, 0.1) is 0 Å². The van der Waals surface area contributed by atoms with Crippen LogP contribution in [0.2, 0.25) is 0 Å². The number of amides is 1. The SMILES string of the molecule is COC(=O)CCCn1c(Cc2ccccc2)nnc1C[C@H](NC(=O)OCC1c2ccccc2-c2ccccc21)C(=O)OC(C)(C)C. The maximum absolute atomic E-state index is 13.4. The van der Waals surface area contributed by atoms with Gasteiger partial charge in [-0.15, -0.1) is 10.2 Å². The van der Waals surface area contributed by atoms with Gasteiger partial charge in [-0.2, -0.15) is 0 Å². The number of esters is 2. The quantitative estimate of drug-likeness (QED) is 0.159. The van der Waals surface area contributed by atoms with E-state index in [1.165, 1.54) is 7.11 Å². The number of hydrogen-bond donors (Lipinski definition) is 1. The van der Waals surface area contributed by atoms with Crippen molar-refractivity contribution >= 4 is 18.0 Å². The van der Waals surface area contributed by atoms with E-state index in [-0.39, 0.29) is 31.3 Å². The average molecular weight is 625 g/mol. The molecule has 1 heterocycles. The first-order valence-corrected chi connectivity index (χ1v) is 15.5. The fourth-order valence-corrected chi connectivity index (χ4v) is 5.71. The van der Waals surface area contributed by atoms with Gasteiger partial charge in [0, 0.05) is 31.7 Å². The summed E-state index contributed by atoms with van der Waals surface area (Å²) >= 11 is 0. The number of nitrogens with zero attached hydrogens (tertiary/aromatic N) is 3. The summed E-state index contributed by atoms with van der Waals surface area (Å²) < 4.78 is 18.1. The van der Waals surface area contributed by atoms with Crippen molar-refractivity contribution in [2.45, 2.75) is 70.6 Å². The molecular weight excluding hydrogens is 584 g/mol. The summed E-state index contributed by atoms with van der Waals surface area (Å²) in [5.74, 6) is 0.0924. The first-order chi connectivity index (χ1) is 22.1. The van der Waals surface area contributed by atoms with Crippen molar-refractivity contribution in [1.29, 1.82) is 0 Å². The molecule has 1 N–H and O–H groups in total. The van der Waals surface area contributed by atoms with Gasteiger partial charge in [-0.25, -0.2) is 9.59 Å². The zero-order chi connectivity index (χ0) is 32.7. The van der Waals surface area contributed by atoms with Crippen molar-refractivity contribution in [3.63, 3.8) is 0 Å². The lowest BCUT2D eigenvalue weighted by Crippen LogP contribution is -2.46. The molecule has 1 aliphatic rings. The van der Waals surface area contributed by atoms with Crippen molar-refractivity contribution in [2.75, 3.05) is 13.7 Å². The normalized spacial score (nSPS) is 13.0. The molecule has 4 aromatic rings. The molecule has 0 spiro atoms. The fourth-order valence-electron chi connectivity index (χ4n) is 5.71. The number of hydrogen-bond acceptors (Lipinski definition) is 8. The number of rotatable bonds is 12. The minimum absolute atomic E-state index is 0.0130. The molecular formula is C36H40N4O6. The van der Waals surface area contributed by atoms with Crippen LogP contribution in [0.15, 0.2) is 78.9 Å². The number of carbonyl (C=O) groups excluding carboxylic acids is 3. The van der Waals surface area contributed by atoms with Crippen LogP contribution in [-0.4, -0.2) is 58.2 Å². The number of ether oxygens (including phenoxy) is 3. The maximum Gasteiger partial charge on any atom is 0.407 e. The molecule has 1 aromatic heterocycles. The van der Waals surface area contributed by atoms with E-state index in [9.17, 15) is 14.4 Å². The van der Waals surface area contributed by atoms with E-state index in [1.807, 2.05) is 71.3 Å². The Morgan fingerprint density at radius 3 is 2.11 bits per heavy atom. The van der Waals surface area contributed by atoms with Crippen LogP contribution in [0.4, 0.5) is 4.79 Å². The second-order valence-corrected chi connectivity index (χ2v) is 12.3. The van der Waals surface area contributed by atoms with E-state index >= 15 is 0 Å². The molecule has 0 fully saturated rings. The summed E-state index contributed by atoms with van der Waals surface area (Å²) in [6.07, 6.45) is 0.476. The molecule has 0 saturated carbocycles. The van der Waals surface area contributed by atoms with Crippen LogP contribution in [0.25, 0.3) is 11.1 Å². The van der Waals surface area contributed by atoms with Crippen molar-refractivity contribution in [3.05, 3.63) is 107 Å². The molecule has 3 aromatic carbocycles. The molecule has 1 atom stereocenters. The zero-order valence-corrected chi connectivity index (χ0v) is 26.7. The van der Waals surface area contributed by atoms with E-state index in [0.29, 0.717) is 31.0 Å². The monoisotopic (exact) mass is 624 g/mol. The first kappa shape index (κ1) is 32.4. The van der Waals surface area contributed by atoms with E-state index in [4.69, 9.17) is 14.2 Å². The van der Waals surface area contributed by atoms with Crippen LogP contribution in [0.5, 0.6) is 0 Å². The molecule has 1 aliphatic carbocycles. The standard InChI is InChI=1S/C36H40N4O6/c1-36(2,3)46-34(42)30(37-35(43)45-23-29-27-17-10-8-15-25(27)26-16-9-11-18-28(26)29)22-32-39-38-31(21-24-13-6-5-7-14-24)40(32)20-12-19-33(41)44-4/h5-11,13-18,29-30H,12,19-23H2,1-4H3,(H,37,43)/t30-/m0/s1. The van der Waals surface area contributed by atoms with Crippen LogP contribution >= 0.6 is 0 Å². The first-order valence-electron chi connectivity index (χ1n) is 15.5. The summed E-state index contributed by atoms with van der Waals surface area (Å²) in [6.45, 7) is 5.82. The van der Waals surface area contributed by atoms with Crippen molar-refractivity contribution < 1.29 is 28.6 Å². The lowest BCUT2D eigenvalue weighted by atomic mass is 9.98. The van der Waals surface area contributed by atoms with Gasteiger partial charge in [0.15, 0.2) is 0 Å². The highest BCUT2D eigenvalue weighted by Crippen LogP contribution is 2.44. The molecule has 10 heteroatoms. The van der Waals surface area contributed by atoms with Gasteiger partial charge in [0.2, 0.25) is 0 Å². The molecule has 0 unspecified atom stereocenters.